The molecular weight excluding hydrogens is 378 g/mol. The number of anilines is 1. The molecule has 1 fully saturated rings. The number of nitrogens with zero attached hydrogens (tertiary/aromatic N) is 1. The van der Waals surface area contributed by atoms with Gasteiger partial charge in [0.05, 0.1) is 0 Å². The van der Waals surface area contributed by atoms with Crippen LogP contribution in [0.3, 0.4) is 0 Å². The van der Waals surface area contributed by atoms with E-state index in [1.54, 1.807) is 0 Å². The average molecular weight is 408 g/mol. The van der Waals surface area contributed by atoms with Gasteiger partial charge in [0.2, 0.25) is 0 Å². The van der Waals surface area contributed by atoms with Crippen molar-refractivity contribution in [2.24, 2.45) is 11.7 Å². The van der Waals surface area contributed by atoms with Gasteiger partial charge in [-0.15, -0.1) is 0 Å². The SMILES string of the molecule is Cc1ccc(SN2CCC(CNc3ccc(/C(C=N)=C/N)cc3C=N)CC2)cc1. The van der Waals surface area contributed by atoms with Crippen molar-refractivity contribution in [3.8, 4) is 0 Å². The summed E-state index contributed by atoms with van der Waals surface area (Å²) in [5.41, 5.74) is 10.2. The third kappa shape index (κ3) is 5.71. The molecule has 6 heteroatoms. The Morgan fingerprint density at radius 2 is 1.90 bits per heavy atom. The van der Waals surface area contributed by atoms with Crippen LogP contribution < -0.4 is 11.1 Å². The van der Waals surface area contributed by atoms with Gasteiger partial charge in [0, 0.05) is 60.0 Å². The van der Waals surface area contributed by atoms with Crippen molar-refractivity contribution < 1.29 is 0 Å². The third-order valence-electron chi connectivity index (χ3n) is 5.29. The maximum absolute atomic E-state index is 7.72. The van der Waals surface area contributed by atoms with Gasteiger partial charge < -0.3 is 21.9 Å². The quantitative estimate of drug-likeness (QED) is 0.375. The van der Waals surface area contributed by atoms with E-state index in [1.807, 2.05) is 30.1 Å². The lowest BCUT2D eigenvalue weighted by molar-refractivity contribution is 0.301. The first-order valence-corrected chi connectivity index (χ1v) is 10.7. The fraction of sp³-hybridized carbons (Fsp3) is 0.304. The first kappa shape index (κ1) is 21.1. The lowest BCUT2D eigenvalue weighted by Gasteiger charge is -2.31. The fourth-order valence-electron chi connectivity index (χ4n) is 3.46. The van der Waals surface area contributed by atoms with Gasteiger partial charge in [0.15, 0.2) is 0 Å². The number of hydrogen-bond donors (Lipinski definition) is 4. The summed E-state index contributed by atoms with van der Waals surface area (Å²) in [6.45, 7) is 5.20. The minimum absolute atomic E-state index is 0.629. The molecule has 2 aromatic carbocycles. The minimum Gasteiger partial charge on any atom is -0.404 e. The van der Waals surface area contributed by atoms with E-state index >= 15 is 0 Å². The minimum atomic E-state index is 0.629. The van der Waals surface area contributed by atoms with Gasteiger partial charge in [-0.25, -0.2) is 4.31 Å². The molecule has 0 amide bonds. The van der Waals surface area contributed by atoms with Crippen molar-refractivity contribution in [1.29, 1.82) is 10.8 Å². The molecule has 29 heavy (non-hydrogen) atoms. The van der Waals surface area contributed by atoms with Crippen LogP contribution in [0.25, 0.3) is 5.57 Å². The van der Waals surface area contributed by atoms with Crippen LogP contribution in [0.4, 0.5) is 5.69 Å². The predicted molar refractivity (Wildman–Crippen MR) is 125 cm³/mol. The Hall–Kier alpha value is -2.57. The van der Waals surface area contributed by atoms with Gasteiger partial charge in [-0.05, 0) is 67.5 Å². The molecule has 0 radical (unpaired) electrons. The van der Waals surface area contributed by atoms with E-state index in [1.165, 1.54) is 29.1 Å². The second-order valence-electron chi connectivity index (χ2n) is 7.37. The molecule has 3 rings (SSSR count). The molecule has 1 aliphatic heterocycles. The molecule has 152 valence electrons. The smallest absolute Gasteiger partial charge is 0.0429 e. The van der Waals surface area contributed by atoms with Crippen molar-refractivity contribution in [2.75, 3.05) is 25.0 Å². The van der Waals surface area contributed by atoms with E-state index in [9.17, 15) is 0 Å². The van der Waals surface area contributed by atoms with E-state index in [2.05, 4.69) is 40.8 Å². The van der Waals surface area contributed by atoms with Gasteiger partial charge >= 0.3 is 0 Å². The molecule has 5 N–H and O–H groups in total. The van der Waals surface area contributed by atoms with Crippen molar-refractivity contribution in [1.82, 2.24) is 4.31 Å². The molecule has 0 spiro atoms. The Bertz CT molecular complexity index is 867. The summed E-state index contributed by atoms with van der Waals surface area (Å²) in [7, 11) is 0. The Morgan fingerprint density at radius 1 is 1.17 bits per heavy atom. The zero-order chi connectivity index (χ0) is 20.6. The molecule has 0 saturated carbocycles. The molecule has 0 atom stereocenters. The average Bonchev–Trinajstić information content (AvgIpc) is 2.76. The Morgan fingerprint density at radius 3 is 2.52 bits per heavy atom. The fourth-order valence-corrected chi connectivity index (χ4v) is 4.41. The molecule has 1 saturated heterocycles. The first-order valence-electron chi connectivity index (χ1n) is 9.93. The van der Waals surface area contributed by atoms with Crippen molar-refractivity contribution in [2.45, 2.75) is 24.7 Å². The second-order valence-corrected chi connectivity index (χ2v) is 8.54. The van der Waals surface area contributed by atoms with Crippen LogP contribution in [0.5, 0.6) is 0 Å². The zero-order valence-corrected chi connectivity index (χ0v) is 17.6. The van der Waals surface area contributed by atoms with E-state index in [-0.39, 0.29) is 0 Å². The Balaban J connectivity index is 1.51. The topological polar surface area (TPSA) is 89.0 Å². The summed E-state index contributed by atoms with van der Waals surface area (Å²) in [6.07, 6.45) is 6.34. The van der Waals surface area contributed by atoms with E-state index in [0.29, 0.717) is 11.5 Å². The molecule has 1 aliphatic rings. The number of nitrogens with two attached hydrogens (primary N) is 1. The molecular formula is C23H29N5S. The van der Waals surface area contributed by atoms with Crippen LogP contribution in [-0.4, -0.2) is 36.4 Å². The molecule has 5 nitrogen and oxygen atoms in total. The third-order valence-corrected chi connectivity index (χ3v) is 6.39. The summed E-state index contributed by atoms with van der Waals surface area (Å²) in [6, 6.07) is 14.5. The standard InChI is InChI=1S/C23H29N5S/c1-17-2-5-22(6-3-17)29-28-10-8-18(9-11-28)16-27-23-7-4-19(12-20(23)13-24)21(14-25)15-26/h2-7,12-15,18,24-25,27H,8-11,16,26H2,1H3/b21-15+,24-13?,25-14?. The zero-order valence-electron chi connectivity index (χ0n) is 16.8. The van der Waals surface area contributed by atoms with Crippen LogP contribution in [0.15, 0.2) is 53.6 Å². The second kappa shape index (κ2) is 10.3. The number of rotatable bonds is 8. The van der Waals surface area contributed by atoms with Crippen LogP contribution in [0.1, 0.15) is 29.5 Å². The molecule has 0 bridgehead atoms. The highest BCUT2D eigenvalue weighted by atomic mass is 32.2. The van der Waals surface area contributed by atoms with E-state index < -0.39 is 0 Å². The molecule has 1 heterocycles. The van der Waals surface area contributed by atoms with Crippen LogP contribution >= 0.6 is 11.9 Å². The molecule has 2 aromatic rings. The van der Waals surface area contributed by atoms with Gasteiger partial charge in [-0.3, -0.25) is 0 Å². The van der Waals surface area contributed by atoms with Gasteiger partial charge in [0.1, 0.15) is 0 Å². The van der Waals surface area contributed by atoms with Crippen molar-refractivity contribution in [3.05, 3.63) is 65.4 Å². The lowest BCUT2D eigenvalue weighted by Crippen LogP contribution is -2.31. The molecule has 0 aliphatic carbocycles. The van der Waals surface area contributed by atoms with Crippen LogP contribution in [-0.2, 0) is 0 Å². The van der Waals surface area contributed by atoms with Gasteiger partial charge in [-0.2, -0.15) is 0 Å². The van der Waals surface area contributed by atoms with Crippen LogP contribution in [0, 0.1) is 23.7 Å². The summed E-state index contributed by atoms with van der Waals surface area (Å²) < 4.78 is 2.46. The summed E-state index contributed by atoms with van der Waals surface area (Å²) in [4.78, 5) is 1.30. The summed E-state index contributed by atoms with van der Waals surface area (Å²) >= 11 is 1.85. The van der Waals surface area contributed by atoms with Crippen molar-refractivity contribution >= 4 is 35.6 Å². The van der Waals surface area contributed by atoms with Crippen LogP contribution in [0.2, 0.25) is 0 Å². The van der Waals surface area contributed by atoms with Gasteiger partial charge in [0.25, 0.3) is 0 Å². The van der Waals surface area contributed by atoms with Crippen molar-refractivity contribution in [3.63, 3.8) is 0 Å². The number of nitrogens with one attached hydrogen (secondary N) is 3. The Labute approximate surface area is 177 Å². The molecule has 0 aromatic heterocycles. The summed E-state index contributed by atoms with van der Waals surface area (Å²) in [5.74, 6) is 0.629. The number of benzene rings is 2. The maximum atomic E-state index is 7.72. The lowest BCUT2D eigenvalue weighted by atomic mass is 9.97. The summed E-state index contributed by atoms with van der Waals surface area (Å²) in [5, 5.41) is 18.7. The largest absolute Gasteiger partial charge is 0.404 e. The first-order chi connectivity index (χ1) is 14.1. The number of piperidine rings is 1. The number of allylic oxidation sites excluding steroid dienone is 1. The maximum Gasteiger partial charge on any atom is 0.0429 e. The highest BCUT2D eigenvalue weighted by Crippen LogP contribution is 2.29. The van der Waals surface area contributed by atoms with E-state index in [0.717, 1.165) is 49.3 Å². The molecule has 0 unspecified atom stereocenters. The van der Waals surface area contributed by atoms with E-state index in [4.69, 9.17) is 16.6 Å². The number of aryl methyl sites for hydroxylation is 1. The highest BCUT2D eigenvalue weighted by molar-refractivity contribution is 7.97. The normalized spacial score (nSPS) is 15.8. The van der Waals surface area contributed by atoms with Gasteiger partial charge in [-0.1, -0.05) is 23.8 Å². The number of hydrogen-bond acceptors (Lipinski definition) is 6. The monoisotopic (exact) mass is 407 g/mol. The Kier molecular flexibility index (Phi) is 7.49. The predicted octanol–water partition coefficient (Wildman–Crippen LogP) is 4.77. The highest BCUT2D eigenvalue weighted by Gasteiger charge is 2.20.